The lowest BCUT2D eigenvalue weighted by atomic mass is 9.87. The van der Waals surface area contributed by atoms with Crippen LogP contribution < -0.4 is 0 Å². The van der Waals surface area contributed by atoms with E-state index in [9.17, 15) is 0 Å². The lowest BCUT2D eigenvalue weighted by Gasteiger charge is -2.18. The van der Waals surface area contributed by atoms with Crippen molar-refractivity contribution in [3.63, 3.8) is 0 Å². The van der Waals surface area contributed by atoms with Gasteiger partial charge >= 0.3 is 0 Å². The molecule has 0 unspecified atom stereocenters. The van der Waals surface area contributed by atoms with Crippen LogP contribution in [0.25, 0.3) is 0 Å². The van der Waals surface area contributed by atoms with E-state index in [0.29, 0.717) is 5.92 Å². The summed E-state index contributed by atoms with van der Waals surface area (Å²) in [6.07, 6.45) is 16.2. The maximum Gasteiger partial charge on any atom is 0.128 e. The molecule has 1 heterocycles. The maximum absolute atomic E-state index is 4.62. The summed E-state index contributed by atoms with van der Waals surface area (Å²) in [7, 11) is 0. The Morgan fingerprint density at radius 1 is 0.633 bits per heavy atom. The van der Waals surface area contributed by atoms with Crippen LogP contribution >= 0.6 is 0 Å². The molecule has 0 fully saturated rings. The van der Waals surface area contributed by atoms with Gasteiger partial charge in [-0.05, 0) is 42.4 Å². The Balaban J connectivity index is 1.45. The Morgan fingerprint density at radius 3 is 1.80 bits per heavy atom. The van der Waals surface area contributed by atoms with Gasteiger partial charge in [0.05, 0.1) is 0 Å². The summed E-state index contributed by atoms with van der Waals surface area (Å²) in [6, 6.07) is 21.8. The predicted molar refractivity (Wildman–Crippen MR) is 127 cm³/mol. The van der Waals surface area contributed by atoms with E-state index in [0.717, 1.165) is 31.5 Å². The summed E-state index contributed by atoms with van der Waals surface area (Å²) in [5, 5.41) is 0. The van der Waals surface area contributed by atoms with Crippen molar-refractivity contribution in [2.45, 2.75) is 77.0 Å². The van der Waals surface area contributed by atoms with Gasteiger partial charge in [-0.15, -0.1) is 0 Å². The Labute approximate surface area is 182 Å². The molecule has 0 saturated carbocycles. The van der Waals surface area contributed by atoms with Crippen LogP contribution in [-0.4, -0.2) is 9.97 Å². The fourth-order valence-electron chi connectivity index (χ4n) is 4.10. The van der Waals surface area contributed by atoms with Gasteiger partial charge in [0.2, 0.25) is 0 Å². The van der Waals surface area contributed by atoms with E-state index in [-0.39, 0.29) is 0 Å². The van der Waals surface area contributed by atoms with Crippen LogP contribution in [0.15, 0.2) is 73.1 Å². The molecule has 0 amide bonds. The minimum absolute atomic E-state index is 0.461. The van der Waals surface area contributed by atoms with Crippen molar-refractivity contribution in [1.82, 2.24) is 9.97 Å². The molecule has 2 nitrogen and oxygen atoms in total. The molecule has 0 spiro atoms. The van der Waals surface area contributed by atoms with E-state index in [4.69, 9.17) is 0 Å². The van der Waals surface area contributed by atoms with Crippen LogP contribution in [0, 0.1) is 0 Å². The van der Waals surface area contributed by atoms with Gasteiger partial charge in [0, 0.05) is 24.7 Å². The van der Waals surface area contributed by atoms with Gasteiger partial charge in [-0.3, -0.25) is 0 Å². The second kappa shape index (κ2) is 13.0. The summed E-state index contributed by atoms with van der Waals surface area (Å²) >= 11 is 0. The lowest BCUT2D eigenvalue weighted by molar-refractivity contribution is 0.614. The summed E-state index contributed by atoms with van der Waals surface area (Å²) in [6.45, 7) is 2.26. The first-order valence-corrected chi connectivity index (χ1v) is 11.8. The second-order valence-electron chi connectivity index (χ2n) is 8.29. The number of unbranched alkanes of at least 4 members (excludes halogenated alkanes) is 5. The van der Waals surface area contributed by atoms with Crippen molar-refractivity contribution >= 4 is 0 Å². The van der Waals surface area contributed by atoms with Crippen molar-refractivity contribution in [3.8, 4) is 0 Å². The molecule has 3 rings (SSSR count). The number of benzene rings is 2. The van der Waals surface area contributed by atoms with Crippen molar-refractivity contribution in [2.24, 2.45) is 0 Å². The third-order valence-electron chi connectivity index (χ3n) is 5.87. The highest BCUT2D eigenvalue weighted by Gasteiger charge is 2.13. The fourth-order valence-corrected chi connectivity index (χ4v) is 4.10. The molecule has 0 aliphatic rings. The average Bonchev–Trinajstić information content (AvgIpc) is 2.81. The molecule has 0 bridgehead atoms. The molecule has 1 aromatic heterocycles. The van der Waals surface area contributed by atoms with Gasteiger partial charge in [-0.1, -0.05) is 99.7 Å². The molecule has 30 heavy (non-hydrogen) atoms. The third kappa shape index (κ3) is 7.40. The number of rotatable bonds is 13. The van der Waals surface area contributed by atoms with Gasteiger partial charge < -0.3 is 0 Å². The highest BCUT2D eigenvalue weighted by Crippen LogP contribution is 2.29. The number of hydrogen-bond donors (Lipinski definition) is 0. The number of hydrogen-bond acceptors (Lipinski definition) is 2. The zero-order valence-electron chi connectivity index (χ0n) is 18.5. The van der Waals surface area contributed by atoms with Gasteiger partial charge in [0.25, 0.3) is 0 Å². The van der Waals surface area contributed by atoms with Gasteiger partial charge in [-0.2, -0.15) is 0 Å². The molecule has 0 N–H and O–H groups in total. The Kier molecular flexibility index (Phi) is 9.59. The molecule has 0 saturated heterocycles. The summed E-state index contributed by atoms with van der Waals surface area (Å²) in [5.41, 5.74) is 4.09. The third-order valence-corrected chi connectivity index (χ3v) is 5.87. The van der Waals surface area contributed by atoms with Crippen LogP contribution in [0.4, 0.5) is 0 Å². The quantitative estimate of drug-likeness (QED) is 0.277. The average molecular weight is 401 g/mol. The monoisotopic (exact) mass is 400 g/mol. The van der Waals surface area contributed by atoms with Crippen molar-refractivity contribution in [2.75, 3.05) is 0 Å². The highest BCUT2D eigenvalue weighted by molar-refractivity contribution is 5.32. The van der Waals surface area contributed by atoms with Crippen LogP contribution in [-0.2, 0) is 12.8 Å². The summed E-state index contributed by atoms with van der Waals surface area (Å²) < 4.78 is 0. The molecule has 0 atom stereocenters. The summed E-state index contributed by atoms with van der Waals surface area (Å²) in [4.78, 5) is 9.23. The minimum atomic E-state index is 0.461. The molecule has 3 aromatic rings. The number of nitrogens with zero attached hydrogens (tertiary/aromatic N) is 2. The molecular weight excluding hydrogens is 364 g/mol. The molecule has 2 heteroatoms. The largest absolute Gasteiger partial charge is 0.241 e. The first-order chi connectivity index (χ1) is 14.9. The maximum atomic E-state index is 4.62. The SMILES string of the molecule is CCCCCCCc1cnc(CCCCC(c2ccccc2)c2ccccc2)nc1. The number of aromatic nitrogens is 2. The zero-order chi connectivity index (χ0) is 20.9. The Hall–Kier alpha value is -2.48. The molecule has 0 aliphatic carbocycles. The van der Waals surface area contributed by atoms with E-state index in [1.807, 2.05) is 12.4 Å². The van der Waals surface area contributed by atoms with E-state index in [1.54, 1.807) is 0 Å². The fraction of sp³-hybridized carbons (Fsp3) is 0.429. The first kappa shape index (κ1) is 22.2. The topological polar surface area (TPSA) is 25.8 Å². The van der Waals surface area contributed by atoms with Crippen LogP contribution in [0.2, 0.25) is 0 Å². The van der Waals surface area contributed by atoms with Crippen LogP contribution in [0.3, 0.4) is 0 Å². The number of aryl methyl sites for hydroxylation is 2. The smallest absolute Gasteiger partial charge is 0.128 e. The van der Waals surface area contributed by atoms with E-state index in [2.05, 4.69) is 77.6 Å². The second-order valence-corrected chi connectivity index (χ2v) is 8.29. The normalized spacial score (nSPS) is 11.1. The van der Waals surface area contributed by atoms with E-state index >= 15 is 0 Å². The van der Waals surface area contributed by atoms with E-state index < -0.39 is 0 Å². The molecule has 0 radical (unpaired) electrons. The predicted octanol–water partition coefficient (Wildman–Crippen LogP) is 7.53. The standard InChI is InChI=1S/C28H36N2/c1-2-3-4-5-8-15-24-22-29-28(30-23-24)21-14-13-20-27(25-16-9-6-10-17-25)26-18-11-7-12-19-26/h6-7,9-12,16-19,22-23,27H,2-5,8,13-15,20-21H2,1H3. The first-order valence-electron chi connectivity index (χ1n) is 11.8. The highest BCUT2D eigenvalue weighted by atomic mass is 14.9. The lowest BCUT2D eigenvalue weighted by Crippen LogP contribution is -2.02. The van der Waals surface area contributed by atoms with Gasteiger partial charge in [0.15, 0.2) is 0 Å². The molecule has 2 aromatic carbocycles. The van der Waals surface area contributed by atoms with Gasteiger partial charge in [-0.25, -0.2) is 9.97 Å². The van der Waals surface area contributed by atoms with Crippen molar-refractivity contribution < 1.29 is 0 Å². The van der Waals surface area contributed by atoms with Gasteiger partial charge in [0.1, 0.15) is 5.82 Å². The van der Waals surface area contributed by atoms with Crippen molar-refractivity contribution in [1.29, 1.82) is 0 Å². The van der Waals surface area contributed by atoms with Crippen molar-refractivity contribution in [3.05, 3.63) is 95.6 Å². The summed E-state index contributed by atoms with van der Waals surface area (Å²) in [5.74, 6) is 1.45. The molecule has 158 valence electrons. The van der Waals surface area contributed by atoms with Crippen LogP contribution in [0.1, 0.15) is 86.7 Å². The molecule has 0 aliphatic heterocycles. The zero-order valence-corrected chi connectivity index (χ0v) is 18.5. The van der Waals surface area contributed by atoms with E-state index in [1.165, 1.54) is 55.2 Å². The van der Waals surface area contributed by atoms with Crippen LogP contribution in [0.5, 0.6) is 0 Å². The minimum Gasteiger partial charge on any atom is -0.241 e. The Morgan fingerprint density at radius 2 is 1.20 bits per heavy atom. The Bertz CT molecular complexity index is 773. The molecular formula is C28H36N2.